The first-order valence-electron chi connectivity index (χ1n) is 9.97. The van der Waals surface area contributed by atoms with E-state index in [1.165, 1.54) is 23.5 Å². The number of nitrogens with zero attached hydrogens (tertiary/aromatic N) is 5. The Bertz CT molecular complexity index is 772. The maximum Gasteiger partial charge on any atom is 0.205 e. The highest BCUT2D eigenvalue weighted by atomic mass is 127. The number of halogens is 1. The molecule has 2 atom stereocenters. The van der Waals surface area contributed by atoms with E-state index in [4.69, 9.17) is 4.99 Å². The van der Waals surface area contributed by atoms with Crippen molar-refractivity contribution in [2.75, 3.05) is 37.6 Å². The Labute approximate surface area is 188 Å². The van der Waals surface area contributed by atoms with Crippen molar-refractivity contribution < 1.29 is 0 Å². The molecule has 1 aliphatic carbocycles. The van der Waals surface area contributed by atoms with Crippen LogP contribution in [0.2, 0.25) is 0 Å². The van der Waals surface area contributed by atoms with Gasteiger partial charge >= 0.3 is 0 Å². The third kappa shape index (κ3) is 4.94. The number of anilines is 1. The lowest BCUT2D eigenvalue weighted by Crippen LogP contribution is -2.53. The van der Waals surface area contributed by atoms with Crippen molar-refractivity contribution in [1.82, 2.24) is 19.6 Å². The average molecular weight is 512 g/mol. The number of guanidine groups is 1. The fourth-order valence-electron chi connectivity index (χ4n) is 3.60. The van der Waals surface area contributed by atoms with Crippen LogP contribution >= 0.6 is 35.5 Å². The topological polar surface area (TPSA) is 56.7 Å². The quantitative estimate of drug-likeness (QED) is 0.379. The highest BCUT2D eigenvalue weighted by molar-refractivity contribution is 14.0. The molecule has 0 radical (unpaired) electrons. The molecule has 2 unspecified atom stereocenters. The molecule has 1 aliphatic heterocycles. The van der Waals surface area contributed by atoms with Gasteiger partial charge in [-0.1, -0.05) is 37.3 Å². The van der Waals surface area contributed by atoms with E-state index in [2.05, 4.69) is 68.7 Å². The van der Waals surface area contributed by atoms with Crippen molar-refractivity contribution in [3.8, 4) is 0 Å². The van der Waals surface area contributed by atoms with Crippen molar-refractivity contribution >= 4 is 46.6 Å². The molecule has 0 bridgehead atoms. The smallest absolute Gasteiger partial charge is 0.205 e. The second-order valence-electron chi connectivity index (χ2n) is 7.12. The predicted molar refractivity (Wildman–Crippen MR) is 127 cm³/mol. The monoisotopic (exact) mass is 512 g/mol. The first-order valence-corrected chi connectivity index (χ1v) is 10.7. The summed E-state index contributed by atoms with van der Waals surface area (Å²) in [6.45, 7) is 8.88. The number of benzene rings is 1. The van der Waals surface area contributed by atoms with E-state index in [9.17, 15) is 0 Å². The van der Waals surface area contributed by atoms with Gasteiger partial charge in [0.15, 0.2) is 5.96 Å². The summed E-state index contributed by atoms with van der Waals surface area (Å²) in [5.74, 6) is 2.63. The molecule has 1 saturated heterocycles. The molecule has 6 nitrogen and oxygen atoms in total. The highest BCUT2D eigenvalue weighted by Crippen LogP contribution is 2.40. The number of piperazine rings is 1. The van der Waals surface area contributed by atoms with Crippen LogP contribution in [0.3, 0.4) is 0 Å². The van der Waals surface area contributed by atoms with Crippen LogP contribution in [0.4, 0.5) is 5.13 Å². The third-order valence-corrected chi connectivity index (χ3v) is 6.08. The summed E-state index contributed by atoms with van der Waals surface area (Å²) >= 11 is 1.52. The molecule has 2 fully saturated rings. The van der Waals surface area contributed by atoms with Crippen molar-refractivity contribution in [3.05, 3.63) is 41.7 Å². The van der Waals surface area contributed by atoms with Gasteiger partial charge in [-0.3, -0.25) is 4.99 Å². The summed E-state index contributed by atoms with van der Waals surface area (Å²) in [4.78, 5) is 14.1. The van der Waals surface area contributed by atoms with Crippen LogP contribution in [0.1, 0.15) is 37.6 Å². The van der Waals surface area contributed by atoms with Crippen LogP contribution in [-0.4, -0.2) is 59.0 Å². The second-order valence-corrected chi connectivity index (χ2v) is 7.85. The summed E-state index contributed by atoms with van der Waals surface area (Å²) in [5, 5.41) is 4.77. The molecule has 0 amide bonds. The zero-order chi connectivity index (χ0) is 18.6. The van der Waals surface area contributed by atoms with Crippen molar-refractivity contribution in [3.63, 3.8) is 0 Å². The molecule has 0 spiro atoms. The van der Waals surface area contributed by atoms with Crippen molar-refractivity contribution in [2.45, 2.75) is 38.6 Å². The minimum absolute atomic E-state index is 0. The molecule has 152 valence electrons. The fourth-order valence-corrected chi connectivity index (χ4v) is 4.40. The SMILES string of the molecule is CCN=C(NC1CC1c1ccccc1)N1CCN(c2nc(CC)ns2)CC1.I. The van der Waals surface area contributed by atoms with Gasteiger partial charge in [-0.25, -0.2) is 4.98 Å². The summed E-state index contributed by atoms with van der Waals surface area (Å²) in [6, 6.07) is 11.3. The molecule has 1 N–H and O–H groups in total. The number of aliphatic imine (C=N–C) groups is 1. The van der Waals surface area contributed by atoms with E-state index < -0.39 is 0 Å². The molecule has 1 aromatic heterocycles. The normalized spacial score (nSPS) is 22.0. The molecule has 1 aromatic carbocycles. The van der Waals surface area contributed by atoms with Crippen LogP contribution in [-0.2, 0) is 6.42 Å². The van der Waals surface area contributed by atoms with Crippen LogP contribution in [0, 0.1) is 0 Å². The highest BCUT2D eigenvalue weighted by Gasteiger charge is 2.39. The van der Waals surface area contributed by atoms with Crippen molar-refractivity contribution in [2.24, 2.45) is 4.99 Å². The lowest BCUT2D eigenvalue weighted by atomic mass is 10.1. The standard InChI is InChI=1S/C20H28N6S.HI/c1-3-18-23-20(27-24-18)26-12-10-25(11-13-26)19(21-4-2)22-17-14-16(17)15-8-6-5-7-9-15;/h5-9,16-17H,3-4,10-14H2,1-2H3,(H,21,22);1H. The Morgan fingerprint density at radius 3 is 2.57 bits per heavy atom. The molecule has 4 rings (SSSR count). The van der Waals surface area contributed by atoms with E-state index in [-0.39, 0.29) is 24.0 Å². The number of nitrogens with one attached hydrogen (secondary N) is 1. The second kappa shape index (κ2) is 9.87. The Hall–Kier alpha value is -1.42. The number of aromatic nitrogens is 2. The Balaban J connectivity index is 0.00000225. The molecular formula is C20H29IN6S. The Kier molecular flexibility index (Phi) is 7.50. The van der Waals surface area contributed by atoms with E-state index in [1.807, 2.05) is 0 Å². The van der Waals surface area contributed by atoms with E-state index in [1.54, 1.807) is 0 Å². The van der Waals surface area contributed by atoms with E-state index >= 15 is 0 Å². The number of aryl methyl sites for hydroxylation is 1. The van der Waals surface area contributed by atoms with E-state index in [0.717, 1.165) is 56.1 Å². The van der Waals surface area contributed by atoms with E-state index in [0.29, 0.717) is 12.0 Å². The number of hydrogen-bond donors (Lipinski definition) is 1. The third-order valence-electron chi connectivity index (χ3n) is 5.26. The van der Waals surface area contributed by atoms with Gasteiger partial charge in [0.25, 0.3) is 0 Å². The van der Waals surface area contributed by atoms with Crippen LogP contribution in [0.5, 0.6) is 0 Å². The lowest BCUT2D eigenvalue weighted by molar-refractivity contribution is 0.371. The van der Waals surface area contributed by atoms with Crippen LogP contribution < -0.4 is 10.2 Å². The van der Waals surface area contributed by atoms with Crippen LogP contribution in [0.15, 0.2) is 35.3 Å². The van der Waals surface area contributed by atoms with Crippen LogP contribution in [0.25, 0.3) is 0 Å². The minimum atomic E-state index is 0. The van der Waals surface area contributed by atoms with Gasteiger partial charge in [-0.05, 0) is 18.9 Å². The van der Waals surface area contributed by atoms with Gasteiger partial charge in [0.05, 0.1) is 0 Å². The molecule has 28 heavy (non-hydrogen) atoms. The van der Waals surface area contributed by atoms with Gasteiger partial charge in [-0.15, -0.1) is 24.0 Å². The first-order chi connectivity index (χ1) is 13.3. The summed E-state index contributed by atoms with van der Waals surface area (Å²) in [6.07, 6.45) is 2.09. The molecule has 8 heteroatoms. The number of hydrogen-bond acceptors (Lipinski definition) is 5. The minimum Gasteiger partial charge on any atom is -0.353 e. The van der Waals surface area contributed by atoms with Gasteiger partial charge in [0.2, 0.25) is 5.13 Å². The zero-order valence-corrected chi connectivity index (χ0v) is 19.7. The summed E-state index contributed by atoms with van der Waals surface area (Å²) < 4.78 is 4.42. The van der Waals surface area contributed by atoms with Gasteiger partial charge in [0.1, 0.15) is 5.82 Å². The molecular weight excluding hydrogens is 483 g/mol. The average Bonchev–Trinajstić information content (AvgIpc) is 3.32. The maximum atomic E-state index is 4.76. The largest absolute Gasteiger partial charge is 0.353 e. The van der Waals surface area contributed by atoms with Gasteiger partial charge < -0.3 is 15.1 Å². The van der Waals surface area contributed by atoms with Gasteiger partial charge in [0, 0.05) is 62.6 Å². The zero-order valence-electron chi connectivity index (χ0n) is 16.5. The lowest BCUT2D eigenvalue weighted by Gasteiger charge is -2.36. The van der Waals surface area contributed by atoms with Gasteiger partial charge in [-0.2, -0.15) is 4.37 Å². The first kappa shape index (κ1) is 21.3. The number of rotatable bonds is 5. The predicted octanol–water partition coefficient (Wildman–Crippen LogP) is 3.36. The van der Waals surface area contributed by atoms with Crippen molar-refractivity contribution in [1.29, 1.82) is 0 Å². The molecule has 2 heterocycles. The maximum absolute atomic E-state index is 4.76. The summed E-state index contributed by atoms with van der Waals surface area (Å²) in [7, 11) is 0. The Morgan fingerprint density at radius 1 is 1.18 bits per heavy atom. The molecule has 2 aliphatic rings. The Morgan fingerprint density at radius 2 is 1.93 bits per heavy atom. The fraction of sp³-hybridized carbons (Fsp3) is 0.550. The molecule has 2 aromatic rings. The summed E-state index contributed by atoms with van der Waals surface area (Å²) in [5.41, 5.74) is 1.43. The molecule has 1 saturated carbocycles.